The van der Waals surface area contributed by atoms with E-state index in [1.165, 1.54) is 0 Å². The summed E-state index contributed by atoms with van der Waals surface area (Å²) >= 11 is 0. The first-order chi connectivity index (χ1) is 9.07. The average Bonchev–Trinajstić information content (AvgIpc) is 3.05. The van der Waals surface area contributed by atoms with Crippen LogP contribution in [0.2, 0.25) is 0 Å². The summed E-state index contributed by atoms with van der Waals surface area (Å²) in [5.74, 6) is -0.101. The Morgan fingerprint density at radius 1 is 1.47 bits per heavy atom. The molecular formula is C14H24N2O3. The summed E-state index contributed by atoms with van der Waals surface area (Å²) in [6.07, 6.45) is 3.67. The Morgan fingerprint density at radius 2 is 2.26 bits per heavy atom. The topological polar surface area (TPSA) is 69.6 Å². The van der Waals surface area contributed by atoms with Gasteiger partial charge in [0.15, 0.2) is 0 Å². The fraction of sp³-hybridized carbons (Fsp3) is 0.857. The van der Waals surface area contributed by atoms with Crippen molar-refractivity contribution in [1.82, 2.24) is 10.2 Å². The highest BCUT2D eigenvalue weighted by atomic mass is 16.4. The Hall–Kier alpha value is -1.10. The van der Waals surface area contributed by atoms with E-state index in [4.69, 9.17) is 5.11 Å². The molecule has 2 aliphatic rings. The number of aliphatic carboxylic acids is 1. The summed E-state index contributed by atoms with van der Waals surface area (Å²) in [4.78, 5) is 25.2. The van der Waals surface area contributed by atoms with Crippen molar-refractivity contribution in [2.24, 2.45) is 11.3 Å². The number of carbonyl (C=O) groups is 2. The third kappa shape index (κ3) is 3.08. The minimum absolute atomic E-state index is 0.207. The van der Waals surface area contributed by atoms with E-state index >= 15 is 0 Å². The Kier molecular flexibility index (Phi) is 4.45. The smallest absolute Gasteiger partial charge is 0.303 e. The first-order valence-corrected chi connectivity index (χ1v) is 7.29. The van der Waals surface area contributed by atoms with Gasteiger partial charge in [0, 0.05) is 26.1 Å². The predicted octanol–water partition coefficient (Wildman–Crippen LogP) is 1.09. The van der Waals surface area contributed by atoms with Crippen LogP contribution >= 0.6 is 0 Å². The van der Waals surface area contributed by atoms with Crippen LogP contribution in [0.25, 0.3) is 0 Å². The van der Waals surface area contributed by atoms with E-state index in [0.29, 0.717) is 12.3 Å². The van der Waals surface area contributed by atoms with Crippen molar-refractivity contribution in [2.45, 2.75) is 39.0 Å². The van der Waals surface area contributed by atoms with E-state index in [2.05, 4.69) is 12.2 Å². The molecule has 5 nitrogen and oxygen atoms in total. The largest absolute Gasteiger partial charge is 0.481 e. The van der Waals surface area contributed by atoms with Crippen molar-refractivity contribution in [3.63, 3.8) is 0 Å². The lowest BCUT2D eigenvalue weighted by atomic mass is 9.83. The maximum atomic E-state index is 12.7. The number of rotatable bonds is 5. The molecule has 5 heteroatoms. The first-order valence-electron chi connectivity index (χ1n) is 7.29. The summed E-state index contributed by atoms with van der Waals surface area (Å²) in [5, 5.41) is 12.0. The molecule has 2 saturated heterocycles. The molecule has 1 amide bonds. The second-order valence-corrected chi connectivity index (χ2v) is 5.90. The van der Waals surface area contributed by atoms with Crippen LogP contribution in [0.3, 0.4) is 0 Å². The van der Waals surface area contributed by atoms with Gasteiger partial charge in [-0.1, -0.05) is 6.92 Å². The van der Waals surface area contributed by atoms with Gasteiger partial charge in [0.05, 0.1) is 5.41 Å². The lowest BCUT2D eigenvalue weighted by Crippen LogP contribution is -2.44. The molecule has 108 valence electrons. The molecular weight excluding hydrogens is 244 g/mol. The van der Waals surface area contributed by atoms with Crippen LogP contribution in [0.4, 0.5) is 0 Å². The number of likely N-dealkylation sites (tertiary alicyclic amines) is 1. The maximum absolute atomic E-state index is 12.7. The van der Waals surface area contributed by atoms with Crippen LogP contribution in [-0.2, 0) is 9.59 Å². The number of amides is 1. The van der Waals surface area contributed by atoms with Crippen molar-refractivity contribution >= 4 is 11.9 Å². The van der Waals surface area contributed by atoms with Gasteiger partial charge in [-0.3, -0.25) is 9.59 Å². The number of hydrogen-bond acceptors (Lipinski definition) is 3. The van der Waals surface area contributed by atoms with Gasteiger partial charge in [0.1, 0.15) is 0 Å². The van der Waals surface area contributed by atoms with Gasteiger partial charge < -0.3 is 15.3 Å². The van der Waals surface area contributed by atoms with Crippen molar-refractivity contribution in [3.8, 4) is 0 Å². The third-order valence-corrected chi connectivity index (χ3v) is 4.71. The minimum Gasteiger partial charge on any atom is -0.481 e. The molecule has 2 atom stereocenters. The summed E-state index contributed by atoms with van der Waals surface area (Å²) in [7, 11) is 0. The van der Waals surface area contributed by atoms with Gasteiger partial charge in [-0.05, 0) is 38.1 Å². The van der Waals surface area contributed by atoms with Crippen LogP contribution in [0, 0.1) is 11.3 Å². The molecule has 0 saturated carbocycles. The third-order valence-electron chi connectivity index (χ3n) is 4.71. The molecule has 19 heavy (non-hydrogen) atoms. The van der Waals surface area contributed by atoms with Gasteiger partial charge in [-0.2, -0.15) is 0 Å². The lowest BCUT2D eigenvalue weighted by Gasteiger charge is -2.30. The zero-order chi connectivity index (χ0) is 13.9. The van der Waals surface area contributed by atoms with E-state index < -0.39 is 5.97 Å². The van der Waals surface area contributed by atoms with E-state index in [9.17, 15) is 9.59 Å². The van der Waals surface area contributed by atoms with Crippen LogP contribution in [0.1, 0.15) is 39.0 Å². The molecule has 2 rings (SSSR count). The molecule has 2 fully saturated rings. The van der Waals surface area contributed by atoms with Crippen molar-refractivity contribution in [1.29, 1.82) is 0 Å². The summed E-state index contributed by atoms with van der Waals surface area (Å²) < 4.78 is 0. The fourth-order valence-electron chi connectivity index (χ4n) is 3.30. The number of carboxylic acid groups (broad SMARTS) is 1. The second-order valence-electron chi connectivity index (χ2n) is 5.90. The minimum atomic E-state index is -0.741. The van der Waals surface area contributed by atoms with E-state index in [1.807, 2.05) is 4.90 Å². The van der Waals surface area contributed by atoms with Gasteiger partial charge >= 0.3 is 5.97 Å². The Labute approximate surface area is 114 Å². The fourth-order valence-corrected chi connectivity index (χ4v) is 3.30. The monoisotopic (exact) mass is 268 g/mol. The van der Waals surface area contributed by atoms with Crippen molar-refractivity contribution in [3.05, 3.63) is 0 Å². The molecule has 0 spiro atoms. The quantitative estimate of drug-likeness (QED) is 0.783. The zero-order valence-electron chi connectivity index (χ0n) is 11.7. The zero-order valence-corrected chi connectivity index (χ0v) is 11.7. The maximum Gasteiger partial charge on any atom is 0.303 e. The Bertz CT molecular complexity index is 351. The van der Waals surface area contributed by atoms with Crippen LogP contribution in [0.15, 0.2) is 0 Å². The molecule has 0 aliphatic carbocycles. The molecule has 0 radical (unpaired) electrons. The highest BCUT2D eigenvalue weighted by Gasteiger charge is 2.43. The summed E-state index contributed by atoms with van der Waals surface area (Å²) in [6, 6.07) is 0. The van der Waals surface area contributed by atoms with Gasteiger partial charge in [-0.25, -0.2) is 0 Å². The van der Waals surface area contributed by atoms with E-state index in [-0.39, 0.29) is 17.7 Å². The Morgan fingerprint density at radius 3 is 2.84 bits per heavy atom. The number of carboxylic acids is 1. The molecule has 2 heterocycles. The lowest BCUT2D eigenvalue weighted by molar-refractivity contribution is -0.140. The molecule has 0 aromatic carbocycles. The number of nitrogens with zero attached hydrogens (tertiary/aromatic N) is 1. The van der Waals surface area contributed by atoms with E-state index in [1.54, 1.807) is 0 Å². The second kappa shape index (κ2) is 5.90. The number of hydrogen-bond donors (Lipinski definition) is 2. The highest BCUT2D eigenvalue weighted by molar-refractivity contribution is 5.83. The predicted molar refractivity (Wildman–Crippen MR) is 71.8 cm³/mol. The van der Waals surface area contributed by atoms with E-state index in [0.717, 1.165) is 45.4 Å². The molecule has 0 aromatic heterocycles. The van der Waals surface area contributed by atoms with Crippen molar-refractivity contribution in [2.75, 3.05) is 26.2 Å². The molecule has 2 aliphatic heterocycles. The van der Waals surface area contributed by atoms with Crippen LogP contribution in [-0.4, -0.2) is 48.1 Å². The highest BCUT2D eigenvalue weighted by Crippen LogP contribution is 2.34. The molecule has 2 unspecified atom stereocenters. The standard InChI is InChI=1S/C14H24N2O3/c1-2-14(6-7-15-10-14)13(19)16-8-5-11(9-16)3-4-12(17)18/h11,15H,2-10H2,1H3,(H,17,18). The molecule has 0 bridgehead atoms. The van der Waals surface area contributed by atoms with Crippen LogP contribution in [0.5, 0.6) is 0 Å². The SMILES string of the molecule is CCC1(C(=O)N2CCC(CCC(=O)O)C2)CCNC1. The van der Waals surface area contributed by atoms with Gasteiger partial charge in [0.2, 0.25) is 5.91 Å². The van der Waals surface area contributed by atoms with Crippen LogP contribution < -0.4 is 5.32 Å². The average molecular weight is 268 g/mol. The van der Waals surface area contributed by atoms with Gasteiger partial charge in [-0.15, -0.1) is 0 Å². The van der Waals surface area contributed by atoms with Crippen molar-refractivity contribution < 1.29 is 14.7 Å². The summed E-state index contributed by atoms with van der Waals surface area (Å²) in [6.45, 7) is 5.34. The molecule has 2 N–H and O–H groups in total. The normalized spacial score (nSPS) is 30.8. The number of nitrogens with one attached hydrogen (secondary N) is 1. The summed E-state index contributed by atoms with van der Waals surface area (Å²) in [5.41, 5.74) is -0.207. The molecule has 0 aromatic rings. The first kappa shape index (κ1) is 14.3. The Balaban J connectivity index is 1.89. The van der Waals surface area contributed by atoms with Gasteiger partial charge in [0.25, 0.3) is 0 Å². The number of carbonyl (C=O) groups excluding carboxylic acids is 1.